The molecule has 1 fully saturated rings. The second-order valence-electron chi connectivity index (χ2n) is 6.68. The van der Waals surface area contributed by atoms with E-state index in [4.69, 9.17) is 15.2 Å². The summed E-state index contributed by atoms with van der Waals surface area (Å²) in [6.07, 6.45) is 5.90. The van der Waals surface area contributed by atoms with E-state index in [0.717, 1.165) is 37.4 Å². The second-order valence-corrected chi connectivity index (χ2v) is 6.68. The highest BCUT2D eigenvalue weighted by atomic mass is 127. The molecular weight excluding hydrogens is 443 g/mol. The molecule has 0 aromatic heterocycles. The minimum atomic E-state index is 0. The SMILES string of the molecule is I.NC(=NCCCCN1CCCC1)NCCc1ccc2c(c1)OCCO2. The van der Waals surface area contributed by atoms with Crippen molar-refractivity contribution in [3.8, 4) is 11.5 Å². The highest BCUT2D eigenvalue weighted by molar-refractivity contribution is 14.0. The number of hydrogen-bond donors (Lipinski definition) is 2. The summed E-state index contributed by atoms with van der Waals surface area (Å²) in [4.78, 5) is 6.95. The Morgan fingerprint density at radius 2 is 1.88 bits per heavy atom. The number of fused-ring (bicyclic) bond motifs is 1. The summed E-state index contributed by atoms with van der Waals surface area (Å²) in [6, 6.07) is 6.09. The van der Waals surface area contributed by atoms with E-state index in [1.807, 2.05) is 12.1 Å². The molecule has 6 nitrogen and oxygen atoms in total. The first-order chi connectivity index (χ1) is 12.3. The van der Waals surface area contributed by atoms with E-state index in [1.165, 1.54) is 44.5 Å². The Bertz CT molecular complexity index is 577. The first kappa shape index (κ1) is 21.1. The van der Waals surface area contributed by atoms with Crippen LogP contribution in [0, 0.1) is 0 Å². The van der Waals surface area contributed by atoms with Crippen LogP contribution in [-0.2, 0) is 6.42 Å². The lowest BCUT2D eigenvalue weighted by molar-refractivity contribution is 0.171. The number of rotatable bonds is 8. The number of hydrogen-bond acceptors (Lipinski definition) is 4. The molecule has 0 amide bonds. The van der Waals surface area contributed by atoms with Crippen molar-refractivity contribution in [2.75, 3.05) is 45.9 Å². The summed E-state index contributed by atoms with van der Waals surface area (Å²) >= 11 is 0. The van der Waals surface area contributed by atoms with Gasteiger partial charge in [0.25, 0.3) is 0 Å². The Balaban J connectivity index is 0.00000243. The van der Waals surface area contributed by atoms with Crippen molar-refractivity contribution in [2.45, 2.75) is 32.1 Å². The molecule has 1 aromatic rings. The minimum absolute atomic E-state index is 0. The van der Waals surface area contributed by atoms with Gasteiger partial charge in [-0.15, -0.1) is 24.0 Å². The molecular formula is C19H31IN4O2. The summed E-state index contributed by atoms with van der Waals surface area (Å²) in [5.41, 5.74) is 7.14. The molecule has 2 aliphatic rings. The van der Waals surface area contributed by atoms with E-state index in [9.17, 15) is 0 Å². The van der Waals surface area contributed by atoms with Gasteiger partial charge in [-0.25, -0.2) is 0 Å². The van der Waals surface area contributed by atoms with Gasteiger partial charge in [-0.3, -0.25) is 4.99 Å². The molecule has 2 heterocycles. The number of ether oxygens (including phenoxy) is 2. The highest BCUT2D eigenvalue weighted by Crippen LogP contribution is 2.30. The monoisotopic (exact) mass is 474 g/mol. The summed E-state index contributed by atoms with van der Waals surface area (Å²) < 4.78 is 11.1. The quantitative estimate of drug-likeness (QED) is 0.262. The van der Waals surface area contributed by atoms with Crippen LogP contribution in [0.4, 0.5) is 0 Å². The lowest BCUT2D eigenvalue weighted by Gasteiger charge is -2.18. The molecule has 0 saturated carbocycles. The molecule has 146 valence electrons. The fourth-order valence-electron chi connectivity index (χ4n) is 3.29. The molecule has 1 aromatic carbocycles. The molecule has 3 N–H and O–H groups in total. The van der Waals surface area contributed by atoms with Gasteiger partial charge in [0.1, 0.15) is 13.2 Å². The molecule has 2 aliphatic heterocycles. The standard InChI is InChI=1S/C19H30N4O2.HI/c20-19(21-8-1-2-10-23-11-3-4-12-23)22-9-7-16-5-6-17-18(15-16)25-14-13-24-17;/h5-6,15H,1-4,7-14H2,(H3,20,21,22);1H. The highest BCUT2D eigenvalue weighted by Gasteiger charge is 2.11. The molecule has 0 spiro atoms. The van der Waals surface area contributed by atoms with E-state index in [0.29, 0.717) is 19.2 Å². The molecule has 26 heavy (non-hydrogen) atoms. The molecule has 0 radical (unpaired) electrons. The predicted molar refractivity (Wildman–Crippen MR) is 116 cm³/mol. The van der Waals surface area contributed by atoms with Crippen molar-refractivity contribution < 1.29 is 9.47 Å². The fourth-order valence-corrected chi connectivity index (χ4v) is 3.29. The van der Waals surface area contributed by atoms with Gasteiger partial charge in [0.05, 0.1) is 0 Å². The van der Waals surface area contributed by atoms with Crippen molar-refractivity contribution in [3.63, 3.8) is 0 Å². The van der Waals surface area contributed by atoms with Crippen LogP contribution >= 0.6 is 24.0 Å². The third-order valence-electron chi connectivity index (χ3n) is 4.69. The number of halogens is 1. The number of guanidine groups is 1. The Labute approximate surface area is 173 Å². The number of aliphatic imine (C=N–C) groups is 1. The maximum atomic E-state index is 5.94. The van der Waals surface area contributed by atoms with Crippen LogP contribution in [-0.4, -0.2) is 56.8 Å². The van der Waals surface area contributed by atoms with Crippen molar-refractivity contribution in [1.82, 2.24) is 10.2 Å². The van der Waals surface area contributed by atoms with Crippen LogP contribution in [0.1, 0.15) is 31.2 Å². The van der Waals surface area contributed by atoms with Crippen LogP contribution in [0.15, 0.2) is 23.2 Å². The van der Waals surface area contributed by atoms with Gasteiger partial charge in [-0.05, 0) is 69.4 Å². The maximum absolute atomic E-state index is 5.94. The van der Waals surface area contributed by atoms with E-state index < -0.39 is 0 Å². The number of nitrogens with one attached hydrogen (secondary N) is 1. The third-order valence-corrected chi connectivity index (χ3v) is 4.69. The molecule has 0 atom stereocenters. The molecule has 3 rings (SSSR count). The zero-order valence-corrected chi connectivity index (χ0v) is 17.7. The smallest absolute Gasteiger partial charge is 0.188 e. The molecule has 1 saturated heterocycles. The number of nitrogens with two attached hydrogens (primary N) is 1. The van der Waals surface area contributed by atoms with E-state index >= 15 is 0 Å². The number of nitrogens with zero attached hydrogens (tertiary/aromatic N) is 2. The van der Waals surface area contributed by atoms with E-state index in [-0.39, 0.29) is 24.0 Å². The molecule has 0 aliphatic carbocycles. The number of benzene rings is 1. The van der Waals surface area contributed by atoms with Gasteiger partial charge in [-0.2, -0.15) is 0 Å². The summed E-state index contributed by atoms with van der Waals surface area (Å²) in [6.45, 7) is 6.55. The van der Waals surface area contributed by atoms with Crippen molar-refractivity contribution >= 4 is 29.9 Å². The third kappa shape index (κ3) is 6.83. The van der Waals surface area contributed by atoms with E-state index in [1.54, 1.807) is 0 Å². The van der Waals surface area contributed by atoms with Gasteiger partial charge < -0.3 is 25.4 Å². The maximum Gasteiger partial charge on any atom is 0.188 e. The Kier molecular flexibility index (Phi) is 9.31. The summed E-state index contributed by atoms with van der Waals surface area (Å²) in [7, 11) is 0. The van der Waals surface area contributed by atoms with Gasteiger partial charge >= 0.3 is 0 Å². The average Bonchev–Trinajstić information content (AvgIpc) is 3.15. The predicted octanol–water partition coefficient (Wildman–Crippen LogP) is 2.40. The van der Waals surface area contributed by atoms with Crippen molar-refractivity contribution in [2.24, 2.45) is 10.7 Å². The topological polar surface area (TPSA) is 72.1 Å². The Morgan fingerprint density at radius 1 is 1.12 bits per heavy atom. The van der Waals surface area contributed by atoms with Crippen LogP contribution in [0.2, 0.25) is 0 Å². The van der Waals surface area contributed by atoms with E-state index in [2.05, 4.69) is 21.3 Å². The summed E-state index contributed by atoms with van der Waals surface area (Å²) in [5.74, 6) is 2.21. The Hall–Kier alpha value is -1.22. The largest absolute Gasteiger partial charge is 0.486 e. The minimum Gasteiger partial charge on any atom is -0.486 e. The number of likely N-dealkylation sites (tertiary alicyclic amines) is 1. The van der Waals surface area contributed by atoms with Gasteiger partial charge in [0, 0.05) is 13.1 Å². The fraction of sp³-hybridized carbons (Fsp3) is 0.632. The zero-order valence-electron chi connectivity index (χ0n) is 15.4. The molecule has 0 bridgehead atoms. The zero-order chi connectivity index (χ0) is 17.3. The van der Waals surface area contributed by atoms with Crippen LogP contribution in [0.3, 0.4) is 0 Å². The average molecular weight is 474 g/mol. The number of unbranched alkanes of at least 4 members (excludes halogenated alkanes) is 1. The molecule has 7 heteroatoms. The van der Waals surface area contributed by atoms with Crippen molar-refractivity contribution in [1.29, 1.82) is 0 Å². The van der Waals surface area contributed by atoms with Crippen LogP contribution < -0.4 is 20.5 Å². The van der Waals surface area contributed by atoms with Crippen molar-refractivity contribution in [3.05, 3.63) is 23.8 Å². The van der Waals surface area contributed by atoms with Gasteiger partial charge in [0.2, 0.25) is 0 Å². The first-order valence-corrected chi connectivity index (χ1v) is 9.46. The van der Waals surface area contributed by atoms with Gasteiger partial charge in [0.15, 0.2) is 17.5 Å². The second kappa shape index (κ2) is 11.5. The van der Waals surface area contributed by atoms with Crippen LogP contribution in [0.25, 0.3) is 0 Å². The lowest BCUT2D eigenvalue weighted by Crippen LogP contribution is -2.33. The lowest BCUT2D eigenvalue weighted by atomic mass is 10.1. The summed E-state index contributed by atoms with van der Waals surface area (Å²) in [5, 5.41) is 3.19. The first-order valence-electron chi connectivity index (χ1n) is 9.46. The molecule has 0 unspecified atom stereocenters. The van der Waals surface area contributed by atoms with Crippen LogP contribution in [0.5, 0.6) is 11.5 Å². The normalized spacial score (nSPS) is 17.0. The van der Waals surface area contributed by atoms with Gasteiger partial charge in [-0.1, -0.05) is 6.07 Å². The Morgan fingerprint density at radius 3 is 2.69 bits per heavy atom.